The fourth-order valence-electron chi connectivity index (χ4n) is 3.43. The fraction of sp³-hybridized carbons (Fsp3) is 0.316. The molecule has 0 unspecified atom stereocenters. The maximum Gasteiger partial charge on any atom is 0.244 e. The van der Waals surface area contributed by atoms with Crippen LogP contribution in [0.15, 0.2) is 36.4 Å². The van der Waals surface area contributed by atoms with Gasteiger partial charge in [0.1, 0.15) is 7.14 Å². The van der Waals surface area contributed by atoms with Crippen LogP contribution in [0.3, 0.4) is 0 Å². The highest BCUT2D eigenvalue weighted by Gasteiger charge is 2.40. The Bertz CT molecular complexity index is 945. The molecule has 2 atom stereocenters. The number of carbonyl (C=O) groups is 1. The van der Waals surface area contributed by atoms with E-state index in [1.54, 1.807) is 37.6 Å². The summed E-state index contributed by atoms with van der Waals surface area (Å²) in [5, 5.41) is 9.90. The molecule has 8 heteroatoms. The zero-order valence-corrected chi connectivity index (χ0v) is 15.9. The van der Waals surface area contributed by atoms with E-state index in [0.29, 0.717) is 10.9 Å². The molecule has 0 spiro atoms. The number of aliphatic hydroxyl groups is 1. The normalized spacial score (nSPS) is 20.4. The van der Waals surface area contributed by atoms with E-state index in [4.69, 9.17) is 5.73 Å². The molecule has 0 aliphatic carbocycles. The van der Waals surface area contributed by atoms with E-state index in [1.165, 1.54) is 12.1 Å². The van der Waals surface area contributed by atoms with Gasteiger partial charge in [0.05, 0.1) is 24.4 Å². The predicted molar refractivity (Wildman–Crippen MR) is 102 cm³/mol. The van der Waals surface area contributed by atoms with Crippen LogP contribution in [0.5, 0.6) is 0 Å². The van der Waals surface area contributed by atoms with Crippen molar-refractivity contribution < 1.29 is 23.2 Å². The molecule has 0 aromatic heterocycles. The molecule has 1 fully saturated rings. The summed E-state index contributed by atoms with van der Waals surface area (Å²) in [6.07, 6.45) is 0.163. The first kappa shape index (κ1) is 19.7. The van der Waals surface area contributed by atoms with Gasteiger partial charge in [-0.3, -0.25) is 4.79 Å². The van der Waals surface area contributed by atoms with Crippen LogP contribution in [-0.4, -0.2) is 43.0 Å². The largest absolute Gasteiger partial charge is 0.394 e. The van der Waals surface area contributed by atoms with Crippen molar-refractivity contribution in [3.8, 4) is 11.1 Å². The molecule has 144 valence electrons. The smallest absolute Gasteiger partial charge is 0.244 e. The number of hydrogen-bond acceptors (Lipinski definition) is 4. The molecule has 0 bridgehead atoms. The van der Waals surface area contributed by atoms with Crippen molar-refractivity contribution in [2.75, 3.05) is 24.8 Å². The standard InChI is InChI=1S/C19H21F2N2O3P/c1-27(2,26)16-6-4-3-5-12(16)13-7-8-15(18(21)17(13)20)23-11(10-24)9-14(22)19(23)25/h3-8,11,14,24H,9-10,22H2,1-2H3/t11-,14+/m0/s1. The van der Waals surface area contributed by atoms with Crippen molar-refractivity contribution in [2.45, 2.75) is 18.5 Å². The SMILES string of the molecule is CP(C)(=O)c1ccccc1-c1ccc(N2C(=O)[C@H](N)C[C@H]2CO)c(F)c1F. The van der Waals surface area contributed by atoms with Crippen LogP contribution in [0.4, 0.5) is 14.5 Å². The van der Waals surface area contributed by atoms with Crippen LogP contribution >= 0.6 is 7.14 Å². The second kappa shape index (κ2) is 7.15. The summed E-state index contributed by atoms with van der Waals surface area (Å²) in [6.45, 7) is 2.72. The average molecular weight is 394 g/mol. The highest BCUT2D eigenvalue weighted by Crippen LogP contribution is 2.41. The monoisotopic (exact) mass is 394 g/mol. The third-order valence-electron chi connectivity index (χ3n) is 4.75. The van der Waals surface area contributed by atoms with Gasteiger partial charge in [-0.2, -0.15) is 0 Å². The van der Waals surface area contributed by atoms with Crippen LogP contribution in [0.2, 0.25) is 0 Å². The van der Waals surface area contributed by atoms with Crippen molar-refractivity contribution >= 4 is 24.0 Å². The lowest BCUT2D eigenvalue weighted by Gasteiger charge is -2.24. The van der Waals surface area contributed by atoms with E-state index >= 15 is 0 Å². The Morgan fingerprint density at radius 3 is 2.44 bits per heavy atom. The fourth-order valence-corrected chi connectivity index (χ4v) is 4.65. The van der Waals surface area contributed by atoms with E-state index in [1.807, 2.05) is 0 Å². The molecule has 1 saturated heterocycles. The number of nitrogens with zero attached hydrogens (tertiary/aromatic N) is 1. The quantitative estimate of drug-likeness (QED) is 0.780. The maximum atomic E-state index is 14.9. The molecule has 27 heavy (non-hydrogen) atoms. The summed E-state index contributed by atoms with van der Waals surface area (Å²) < 4.78 is 42.3. The van der Waals surface area contributed by atoms with Gasteiger partial charge < -0.3 is 20.3 Å². The van der Waals surface area contributed by atoms with Crippen LogP contribution in [-0.2, 0) is 9.36 Å². The van der Waals surface area contributed by atoms with Crippen molar-refractivity contribution in [1.29, 1.82) is 0 Å². The maximum absolute atomic E-state index is 14.9. The van der Waals surface area contributed by atoms with Gasteiger partial charge in [0.15, 0.2) is 11.6 Å². The van der Waals surface area contributed by atoms with Gasteiger partial charge in [0.2, 0.25) is 5.91 Å². The second-order valence-electron chi connectivity index (χ2n) is 7.02. The number of carbonyl (C=O) groups excluding carboxylic acids is 1. The number of benzene rings is 2. The molecule has 3 N–H and O–H groups in total. The van der Waals surface area contributed by atoms with Gasteiger partial charge in [0.25, 0.3) is 0 Å². The molecule has 1 heterocycles. The Morgan fingerprint density at radius 1 is 1.15 bits per heavy atom. The summed E-state index contributed by atoms with van der Waals surface area (Å²) in [7, 11) is -2.72. The highest BCUT2D eigenvalue weighted by atomic mass is 31.2. The van der Waals surface area contributed by atoms with Gasteiger partial charge in [-0.1, -0.05) is 24.3 Å². The third kappa shape index (κ3) is 3.43. The average Bonchev–Trinajstić information content (AvgIpc) is 2.91. The van der Waals surface area contributed by atoms with Crippen LogP contribution in [0.25, 0.3) is 11.1 Å². The number of amides is 1. The van der Waals surface area contributed by atoms with E-state index < -0.39 is 43.4 Å². The molecule has 3 rings (SSSR count). The number of anilines is 1. The van der Waals surface area contributed by atoms with Crippen LogP contribution in [0.1, 0.15) is 6.42 Å². The summed E-state index contributed by atoms with van der Waals surface area (Å²) in [5.41, 5.74) is 5.75. The molecular weight excluding hydrogens is 373 g/mol. The molecule has 0 saturated carbocycles. The van der Waals surface area contributed by atoms with Gasteiger partial charge in [-0.15, -0.1) is 0 Å². The predicted octanol–water partition coefficient (Wildman–Crippen LogP) is 2.30. The lowest BCUT2D eigenvalue weighted by atomic mass is 10.0. The minimum atomic E-state index is -2.72. The van der Waals surface area contributed by atoms with E-state index in [-0.39, 0.29) is 17.7 Å². The van der Waals surface area contributed by atoms with Crippen molar-refractivity contribution in [2.24, 2.45) is 5.73 Å². The van der Waals surface area contributed by atoms with Crippen molar-refractivity contribution in [3.63, 3.8) is 0 Å². The molecule has 2 aromatic carbocycles. The molecule has 1 amide bonds. The number of nitrogens with two attached hydrogens (primary N) is 1. The lowest BCUT2D eigenvalue weighted by Crippen LogP contribution is -2.38. The number of halogens is 2. The van der Waals surface area contributed by atoms with Crippen LogP contribution < -0.4 is 15.9 Å². The first-order chi connectivity index (χ1) is 12.7. The Labute approximate surface area is 156 Å². The summed E-state index contributed by atoms with van der Waals surface area (Å²) >= 11 is 0. The van der Waals surface area contributed by atoms with Crippen LogP contribution in [0, 0.1) is 11.6 Å². The summed E-state index contributed by atoms with van der Waals surface area (Å²) in [6, 6.07) is 7.64. The number of aliphatic hydroxyl groups excluding tert-OH is 1. The Balaban J connectivity index is 2.13. The summed E-state index contributed by atoms with van der Waals surface area (Å²) in [4.78, 5) is 13.3. The first-order valence-electron chi connectivity index (χ1n) is 8.49. The zero-order chi connectivity index (χ0) is 19.9. The van der Waals surface area contributed by atoms with E-state index in [0.717, 1.165) is 4.90 Å². The highest BCUT2D eigenvalue weighted by molar-refractivity contribution is 7.70. The second-order valence-corrected chi connectivity index (χ2v) is 10.2. The molecule has 1 aliphatic heterocycles. The Morgan fingerprint density at radius 2 is 1.81 bits per heavy atom. The third-order valence-corrected chi connectivity index (χ3v) is 6.30. The van der Waals surface area contributed by atoms with E-state index in [2.05, 4.69) is 0 Å². The molecule has 5 nitrogen and oxygen atoms in total. The van der Waals surface area contributed by atoms with Gasteiger partial charge >= 0.3 is 0 Å². The first-order valence-corrected chi connectivity index (χ1v) is 11.1. The van der Waals surface area contributed by atoms with Gasteiger partial charge in [-0.25, -0.2) is 8.78 Å². The van der Waals surface area contributed by atoms with E-state index in [9.17, 15) is 23.2 Å². The Hall–Kier alpha value is -2.08. The topological polar surface area (TPSA) is 83.6 Å². The Kier molecular flexibility index (Phi) is 5.21. The lowest BCUT2D eigenvalue weighted by molar-refractivity contribution is -0.118. The molecule has 0 radical (unpaired) electrons. The van der Waals surface area contributed by atoms with Crippen molar-refractivity contribution in [3.05, 3.63) is 48.0 Å². The molecule has 1 aliphatic rings. The minimum absolute atomic E-state index is 0.0349. The van der Waals surface area contributed by atoms with Gasteiger partial charge in [0, 0.05) is 10.9 Å². The summed E-state index contributed by atoms with van der Waals surface area (Å²) in [5.74, 6) is -2.91. The molecule has 2 aromatic rings. The van der Waals surface area contributed by atoms with Gasteiger partial charge in [-0.05, 0) is 37.4 Å². The number of rotatable bonds is 4. The minimum Gasteiger partial charge on any atom is -0.394 e. The zero-order valence-electron chi connectivity index (χ0n) is 15.0. The number of hydrogen-bond donors (Lipinski definition) is 2. The molecular formula is C19H21F2N2O3P. The van der Waals surface area contributed by atoms with Crippen molar-refractivity contribution in [1.82, 2.24) is 0 Å².